The quantitative estimate of drug-likeness (QED) is 0.661. The van der Waals surface area contributed by atoms with Crippen LogP contribution in [0.5, 0.6) is 0 Å². The Kier molecular flexibility index (Phi) is 3.90. The van der Waals surface area contributed by atoms with Crippen LogP contribution in [0.2, 0.25) is 0 Å². The van der Waals surface area contributed by atoms with Crippen LogP contribution < -0.4 is 0 Å². The predicted octanol–water partition coefficient (Wildman–Crippen LogP) is 3.40. The van der Waals surface area contributed by atoms with Gasteiger partial charge in [-0.15, -0.1) is 0 Å². The van der Waals surface area contributed by atoms with Gasteiger partial charge in [0.2, 0.25) is 0 Å². The molecule has 1 nitrogen and oxygen atoms in total. The number of rotatable bonds is 4. The smallest absolute Gasteiger partial charge is 0.0723 e. The standard InChI is InChI=1S/C13H18O/c1-10(2)8-14-9-13-6-5-11(3)7-12(13)4/h5-7H,1,8-9H2,2-4H3. The molecule has 0 aliphatic heterocycles. The maximum absolute atomic E-state index is 5.50. The third-order valence-electron chi connectivity index (χ3n) is 2.10. The Morgan fingerprint density at radius 3 is 2.64 bits per heavy atom. The van der Waals surface area contributed by atoms with Gasteiger partial charge in [0.05, 0.1) is 13.2 Å². The Bertz CT molecular complexity index is 326. The molecule has 1 aromatic carbocycles. The number of benzene rings is 1. The van der Waals surface area contributed by atoms with Crippen LogP contribution in [0, 0.1) is 13.8 Å². The predicted molar refractivity (Wildman–Crippen MR) is 60.4 cm³/mol. The Morgan fingerprint density at radius 2 is 2.07 bits per heavy atom. The van der Waals surface area contributed by atoms with Gasteiger partial charge in [-0.05, 0) is 31.9 Å². The highest BCUT2D eigenvalue weighted by Gasteiger charge is 1.98. The molecule has 1 aromatic rings. The molecule has 0 saturated carbocycles. The second-order valence-corrected chi connectivity index (χ2v) is 3.88. The van der Waals surface area contributed by atoms with Gasteiger partial charge in [0.25, 0.3) is 0 Å². The van der Waals surface area contributed by atoms with E-state index in [4.69, 9.17) is 4.74 Å². The molecule has 0 radical (unpaired) electrons. The monoisotopic (exact) mass is 190 g/mol. The minimum absolute atomic E-state index is 0.646. The van der Waals surface area contributed by atoms with Crippen LogP contribution in [-0.2, 0) is 11.3 Å². The first-order valence-electron chi connectivity index (χ1n) is 4.88. The van der Waals surface area contributed by atoms with E-state index in [9.17, 15) is 0 Å². The molecule has 0 bridgehead atoms. The van der Waals surface area contributed by atoms with Crippen LogP contribution in [0.25, 0.3) is 0 Å². The summed E-state index contributed by atoms with van der Waals surface area (Å²) >= 11 is 0. The molecule has 0 amide bonds. The van der Waals surface area contributed by atoms with Gasteiger partial charge in [-0.3, -0.25) is 0 Å². The van der Waals surface area contributed by atoms with E-state index in [0.29, 0.717) is 13.2 Å². The molecule has 0 saturated heterocycles. The molecule has 0 aromatic heterocycles. The third-order valence-corrected chi connectivity index (χ3v) is 2.10. The van der Waals surface area contributed by atoms with Crippen molar-refractivity contribution in [2.75, 3.05) is 6.61 Å². The van der Waals surface area contributed by atoms with E-state index in [-0.39, 0.29) is 0 Å². The Labute approximate surface area is 86.4 Å². The second kappa shape index (κ2) is 4.97. The molecule has 0 N–H and O–H groups in total. The van der Waals surface area contributed by atoms with E-state index in [1.54, 1.807) is 0 Å². The van der Waals surface area contributed by atoms with Gasteiger partial charge in [0.1, 0.15) is 0 Å². The van der Waals surface area contributed by atoms with Crippen LogP contribution in [-0.4, -0.2) is 6.61 Å². The van der Waals surface area contributed by atoms with Crippen molar-refractivity contribution in [1.29, 1.82) is 0 Å². The lowest BCUT2D eigenvalue weighted by Gasteiger charge is -2.07. The molecule has 0 aliphatic carbocycles. The van der Waals surface area contributed by atoms with E-state index in [1.807, 2.05) is 6.92 Å². The summed E-state index contributed by atoms with van der Waals surface area (Å²) in [6.07, 6.45) is 0. The van der Waals surface area contributed by atoms with E-state index in [1.165, 1.54) is 16.7 Å². The van der Waals surface area contributed by atoms with Gasteiger partial charge in [0, 0.05) is 0 Å². The van der Waals surface area contributed by atoms with Gasteiger partial charge in [-0.2, -0.15) is 0 Å². The van der Waals surface area contributed by atoms with Crippen molar-refractivity contribution in [1.82, 2.24) is 0 Å². The average molecular weight is 190 g/mol. The number of ether oxygens (including phenoxy) is 1. The summed E-state index contributed by atoms with van der Waals surface area (Å²) in [5.41, 5.74) is 4.92. The molecule has 0 atom stereocenters. The fraction of sp³-hybridized carbons (Fsp3) is 0.385. The summed E-state index contributed by atoms with van der Waals surface area (Å²) in [6.45, 7) is 11.3. The van der Waals surface area contributed by atoms with Crippen LogP contribution in [0.1, 0.15) is 23.6 Å². The van der Waals surface area contributed by atoms with Gasteiger partial charge in [-0.1, -0.05) is 35.9 Å². The fourth-order valence-electron chi connectivity index (χ4n) is 1.34. The normalized spacial score (nSPS) is 10.2. The van der Waals surface area contributed by atoms with Crippen LogP contribution in [0.3, 0.4) is 0 Å². The molecular weight excluding hydrogens is 172 g/mol. The highest BCUT2D eigenvalue weighted by molar-refractivity contribution is 5.29. The lowest BCUT2D eigenvalue weighted by molar-refractivity contribution is 0.142. The highest BCUT2D eigenvalue weighted by atomic mass is 16.5. The Balaban J connectivity index is 2.55. The Hall–Kier alpha value is -1.08. The lowest BCUT2D eigenvalue weighted by atomic mass is 10.1. The van der Waals surface area contributed by atoms with Crippen molar-refractivity contribution in [3.8, 4) is 0 Å². The minimum atomic E-state index is 0.646. The van der Waals surface area contributed by atoms with Crippen molar-refractivity contribution < 1.29 is 4.74 Å². The SMILES string of the molecule is C=C(C)COCc1ccc(C)cc1C. The van der Waals surface area contributed by atoms with Crippen molar-refractivity contribution in [3.05, 3.63) is 47.0 Å². The van der Waals surface area contributed by atoms with Gasteiger partial charge in [0.15, 0.2) is 0 Å². The second-order valence-electron chi connectivity index (χ2n) is 3.88. The molecule has 0 aliphatic rings. The van der Waals surface area contributed by atoms with E-state index >= 15 is 0 Å². The topological polar surface area (TPSA) is 9.23 Å². The minimum Gasteiger partial charge on any atom is -0.372 e. The van der Waals surface area contributed by atoms with Crippen molar-refractivity contribution in [2.24, 2.45) is 0 Å². The number of hydrogen-bond acceptors (Lipinski definition) is 1. The van der Waals surface area contributed by atoms with Crippen molar-refractivity contribution >= 4 is 0 Å². The van der Waals surface area contributed by atoms with E-state index < -0.39 is 0 Å². The molecule has 14 heavy (non-hydrogen) atoms. The summed E-state index contributed by atoms with van der Waals surface area (Å²) in [6, 6.07) is 6.43. The molecular formula is C13H18O. The molecule has 76 valence electrons. The number of hydrogen-bond donors (Lipinski definition) is 0. The average Bonchev–Trinajstić information content (AvgIpc) is 2.08. The zero-order valence-electron chi connectivity index (χ0n) is 9.26. The first-order chi connectivity index (χ1) is 6.59. The first-order valence-corrected chi connectivity index (χ1v) is 4.88. The summed E-state index contributed by atoms with van der Waals surface area (Å²) in [7, 11) is 0. The van der Waals surface area contributed by atoms with Crippen molar-refractivity contribution in [3.63, 3.8) is 0 Å². The Morgan fingerprint density at radius 1 is 1.36 bits per heavy atom. The zero-order chi connectivity index (χ0) is 10.6. The van der Waals surface area contributed by atoms with E-state index in [2.05, 4.69) is 38.6 Å². The van der Waals surface area contributed by atoms with Crippen LogP contribution in [0.15, 0.2) is 30.4 Å². The molecule has 0 spiro atoms. The highest BCUT2D eigenvalue weighted by Crippen LogP contribution is 2.11. The fourth-order valence-corrected chi connectivity index (χ4v) is 1.34. The lowest BCUT2D eigenvalue weighted by Crippen LogP contribution is -1.98. The summed E-state index contributed by atoms with van der Waals surface area (Å²) in [5.74, 6) is 0. The zero-order valence-corrected chi connectivity index (χ0v) is 9.26. The van der Waals surface area contributed by atoms with Gasteiger partial charge >= 0.3 is 0 Å². The first kappa shape index (κ1) is 11.0. The maximum atomic E-state index is 5.50. The molecule has 0 unspecified atom stereocenters. The van der Waals surface area contributed by atoms with Crippen molar-refractivity contribution in [2.45, 2.75) is 27.4 Å². The molecule has 1 heteroatoms. The summed E-state index contributed by atoms with van der Waals surface area (Å²) in [5, 5.41) is 0. The molecule has 0 fully saturated rings. The van der Waals surface area contributed by atoms with Crippen LogP contribution >= 0.6 is 0 Å². The van der Waals surface area contributed by atoms with Crippen LogP contribution in [0.4, 0.5) is 0 Å². The molecule has 1 rings (SSSR count). The summed E-state index contributed by atoms with van der Waals surface area (Å²) < 4.78 is 5.50. The third kappa shape index (κ3) is 3.35. The van der Waals surface area contributed by atoms with Gasteiger partial charge in [-0.25, -0.2) is 0 Å². The van der Waals surface area contributed by atoms with Gasteiger partial charge < -0.3 is 4.74 Å². The van der Waals surface area contributed by atoms with E-state index in [0.717, 1.165) is 5.57 Å². The maximum Gasteiger partial charge on any atom is 0.0723 e. The largest absolute Gasteiger partial charge is 0.372 e. The number of aryl methyl sites for hydroxylation is 2. The summed E-state index contributed by atoms with van der Waals surface area (Å²) in [4.78, 5) is 0. The molecule has 0 heterocycles.